The summed E-state index contributed by atoms with van der Waals surface area (Å²) in [5.41, 5.74) is 0. The van der Waals surface area contributed by atoms with Gasteiger partial charge in [0.05, 0.1) is 19.8 Å². The highest BCUT2D eigenvalue weighted by Gasteiger charge is 2.29. The van der Waals surface area contributed by atoms with Gasteiger partial charge in [-0.15, -0.1) is 0 Å². The number of carbonyl (C=O) groups is 2. The second kappa shape index (κ2) is 6.44. The third-order valence-electron chi connectivity index (χ3n) is 2.26. The highest BCUT2D eigenvalue weighted by molar-refractivity contribution is 5.82. The van der Waals surface area contributed by atoms with E-state index in [9.17, 15) is 9.59 Å². The predicted molar refractivity (Wildman–Crippen MR) is 56.6 cm³/mol. The van der Waals surface area contributed by atoms with Gasteiger partial charge in [-0.1, -0.05) is 0 Å². The first kappa shape index (κ1) is 12.9. The zero-order valence-corrected chi connectivity index (χ0v) is 9.69. The van der Waals surface area contributed by atoms with Gasteiger partial charge in [0.1, 0.15) is 0 Å². The lowest BCUT2D eigenvalue weighted by Gasteiger charge is -2.32. The van der Waals surface area contributed by atoms with Crippen LogP contribution in [0.2, 0.25) is 0 Å². The molecule has 6 heteroatoms. The Kier molecular flexibility index (Phi) is 5.21. The van der Waals surface area contributed by atoms with Crippen LogP contribution in [0.15, 0.2) is 0 Å². The molecule has 1 fully saturated rings. The summed E-state index contributed by atoms with van der Waals surface area (Å²) in [6.45, 7) is 5.78. The quantitative estimate of drug-likeness (QED) is 0.650. The largest absolute Gasteiger partial charge is 0.463 e. The minimum atomic E-state index is -0.693. The Balaban J connectivity index is 2.60. The number of nitrogens with one attached hydrogen (secondary N) is 1. The minimum Gasteiger partial charge on any atom is -0.463 e. The molecule has 1 saturated heterocycles. The molecule has 1 amide bonds. The summed E-state index contributed by atoms with van der Waals surface area (Å²) in [6, 6.07) is 0. The number of esters is 1. The van der Waals surface area contributed by atoms with Gasteiger partial charge in [0.15, 0.2) is 6.17 Å². The number of amides is 1. The Morgan fingerprint density at radius 1 is 1.44 bits per heavy atom. The molecular weight excluding hydrogens is 212 g/mol. The molecule has 16 heavy (non-hydrogen) atoms. The molecular formula is C10H18N2O4. The van der Waals surface area contributed by atoms with E-state index >= 15 is 0 Å². The van der Waals surface area contributed by atoms with Gasteiger partial charge in [0, 0.05) is 20.0 Å². The van der Waals surface area contributed by atoms with Crippen molar-refractivity contribution < 1.29 is 19.1 Å². The van der Waals surface area contributed by atoms with Crippen LogP contribution in [0, 0.1) is 0 Å². The Labute approximate surface area is 94.9 Å². The normalized spacial score (nSPS) is 18.9. The molecule has 6 nitrogen and oxygen atoms in total. The highest BCUT2D eigenvalue weighted by Crippen LogP contribution is 2.03. The van der Waals surface area contributed by atoms with Gasteiger partial charge in [0.25, 0.3) is 0 Å². The van der Waals surface area contributed by atoms with Crippen LogP contribution in [-0.4, -0.2) is 55.9 Å². The maximum atomic E-state index is 11.7. The van der Waals surface area contributed by atoms with E-state index in [4.69, 9.17) is 9.47 Å². The van der Waals surface area contributed by atoms with Gasteiger partial charge in [-0.3, -0.25) is 9.69 Å². The molecule has 0 radical (unpaired) electrons. The molecule has 0 bridgehead atoms. The van der Waals surface area contributed by atoms with Crippen LogP contribution in [0.4, 0.5) is 0 Å². The number of hydrogen-bond acceptors (Lipinski definition) is 5. The van der Waals surface area contributed by atoms with Crippen molar-refractivity contribution in [3.8, 4) is 0 Å². The topological polar surface area (TPSA) is 67.9 Å². The van der Waals surface area contributed by atoms with Gasteiger partial charge in [0.2, 0.25) is 5.91 Å². The average molecular weight is 230 g/mol. The summed E-state index contributed by atoms with van der Waals surface area (Å²) < 4.78 is 10.1. The summed E-state index contributed by atoms with van der Waals surface area (Å²) in [5, 5.41) is 2.59. The van der Waals surface area contributed by atoms with Crippen LogP contribution >= 0.6 is 0 Å². The molecule has 1 aliphatic heterocycles. The first-order chi connectivity index (χ1) is 7.65. The molecule has 0 aromatic rings. The molecule has 1 unspecified atom stereocenters. The van der Waals surface area contributed by atoms with Crippen molar-refractivity contribution in [2.45, 2.75) is 20.0 Å². The third-order valence-corrected chi connectivity index (χ3v) is 2.26. The second-order valence-electron chi connectivity index (χ2n) is 3.50. The van der Waals surface area contributed by atoms with Crippen molar-refractivity contribution in [1.82, 2.24) is 10.2 Å². The number of rotatable bonds is 4. The van der Waals surface area contributed by atoms with Crippen molar-refractivity contribution in [2.24, 2.45) is 0 Å². The smallest absolute Gasteiger partial charge is 0.344 e. The van der Waals surface area contributed by atoms with E-state index in [1.165, 1.54) is 6.92 Å². The maximum Gasteiger partial charge on any atom is 0.344 e. The molecule has 0 aliphatic carbocycles. The van der Waals surface area contributed by atoms with E-state index in [0.717, 1.165) is 0 Å². The lowest BCUT2D eigenvalue weighted by molar-refractivity contribution is -0.154. The summed E-state index contributed by atoms with van der Waals surface area (Å²) in [6.07, 6.45) is -0.693. The van der Waals surface area contributed by atoms with Gasteiger partial charge < -0.3 is 14.8 Å². The minimum absolute atomic E-state index is 0.246. The van der Waals surface area contributed by atoms with E-state index in [1.54, 1.807) is 6.92 Å². The highest BCUT2D eigenvalue weighted by atomic mass is 16.5. The second-order valence-corrected chi connectivity index (χ2v) is 3.50. The van der Waals surface area contributed by atoms with Crippen LogP contribution in [0.5, 0.6) is 0 Å². The number of hydrogen-bond donors (Lipinski definition) is 1. The fourth-order valence-corrected chi connectivity index (χ4v) is 1.55. The van der Waals surface area contributed by atoms with Gasteiger partial charge in [-0.05, 0) is 6.92 Å². The van der Waals surface area contributed by atoms with Gasteiger partial charge in [-0.2, -0.15) is 0 Å². The maximum absolute atomic E-state index is 11.7. The fraction of sp³-hybridized carbons (Fsp3) is 0.800. The van der Waals surface area contributed by atoms with E-state index in [1.807, 2.05) is 4.90 Å². The van der Waals surface area contributed by atoms with E-state index in [0.29, 0.717) is 32.9 Å². The molecule has 1 rings (SSSR count). The molecule has 1 N–H and O–H groups in total. The van der Waals surface area contributed by atoms with Crippen molar-refractivity contribution in [3.05, 3.63) is 0 Å². The van der Waals surface area contributed by atoms with Crippen molar-refractivity contribution >= 4 is 11.9 Å². The summed E-state index contributed by atoms with van der Waals surface area (Å²) >= 11 is 0. The lowest BCUT2D eigenvalue weighted by Crippen LogP contribution is -2.56. The summed E-state index contributed by atoms with van der Waals surface area (Å²) in [7, 11) is 0. The Bertz CT molecular complexity index is 251. The van der Waals surface area contributed by atoms with Crippen LogP contribution in [0.1, 0.15) is 13.8 Å². The van der Waals surface area contributed by atoms with Crippen molar-refractivity contribution in [1.29, 1.82) is 0 Å². The molecule has 0 saturated carbocycles. The molecule has 0 aromatic heterocycles. The van der Waals surface area contributed by atoms with Crippen LogP contribution in [0.3, 0.4) is 0 Å². The Hall–Kier alpha value is -1.14. The molecule has 1 atom stereocenters. The fourth-order valence-electron chi connectivity index (χ4n) is 1.55. The van der Waals surface area contributed by atoms with Crippen LogP contribution < -0.4 is 5.32 Å². The zero-order valence-electron chi connectivity index (χ0n) is 9.69. The standard InChI is InChI=1S/C10H18N2O4/c1-3-16-10(14)9(11-8(2)13)12-4-6-15-7-5-12/h9H,3-7H2,1-2H3,(H,11,13). The van der Waals surface area contributed by atoms with Gasteiger partial charge in [-0.25, -0.2) is 4.79 Å². The van der Waals surface area contributed by atoms with Crippen LogP contribution in [0.25, 0.3) is 0 Å². The number of carbonyl (C=O) groups excluding carboxylic acids is 2. The molecule has 0 aromatic carbocycles. The van der Waals surface area contributed by atoms with Crippen molar-refractivity contribution in [3.63, 3.8) is 0 Å². The first-order valence-electron chi connectivity index (χ1n) is 5.40. The monoisotopic (exact) mass is 230 g/mol. The SMILES string of the molecule is CCOC(=O)C(NC(C)=O)N1CCOCC1. The van der Waals surface area contributed by atoms with E-state index in [2.05, 4.69) is 5.32 Å². The molecule has 1 aliphatic rings. The summed E-state index contributed by atoms with van der Waals surface area (Å²) in [4.78, 5) is 24.5. The number of morpholine rings is 1. The zero-order chi connectivity index (χ0) is 12.0. The average Bonchev–Trinajstić information content (AvgIpc) is 2.27. The summed E-state index contributed by atoms with van der Waals surface area (Å²) in [5.74, 6) is -0.663. The van der Waals surface area contributed by atoms with Gasteiger partial charge >= 0.3 is 5.97 Å². The predicted octanol–water partition coefficient (Wildman–Crippen LogP) is -0.656. The first-order valence-corrected chi connectivity index (χ1v) is 5.40. The Morgan fingerprint density at radius 2 is 2.06 bits per heavy atom. The molecule has 92 valence electrons. The van der Waals surface area contributed by atoms with Crippen LogP contribution in [-0.2, 0) is 19.1 Å². The van der Waals surface area contributed by atoms with E-state index in [-0.39, 0.29) is 5.91 Å². The molecule has 0 spiro atoms. The number of nitrogens with zero attached hydrogens (tertiary/aromatic N) is 1. The molecule has 1 heterocycles. The van der Waals surface area contributed by atoms with Crippen molar-refractivity contribution in [2.75, 3.05) is 32.9 Å². The third kappa shape index (κ3) is 3.79. The number of ether oxygens (including phenoxy) is 2. The lowest BCUT2D eigenvalue weighted by atomic mass is 10.3. The van der Waals surface area contributed by atoms with E-state index < -0.39 is 12.1 Å². The Morgan fingerprint density at radius 3 is 2.56 bits per heavy atom.